The maximum absolute atomic E-state index is 12.2. The topological polar surface area (TPSA) is 66.9 Å². The number of benzene rings is 1. The van der Waals surface area contributed by atoms with Crippen molar-refractivity contribution >= 4 is 17.4 Å². The number of rotatable bonds is 6. The van der Waals surface area contributed by atoms with E-state index in [9.17, 15) is 4.79 Å². The van der Waals surface area contributed by atoms with E-state index in [4.69, 9.17) is 0 Å². The molecule has 116 valence electrons. The second kappa shape index (κ2) is 7.54. The molecule has 0 saturated carbocycles. The van der Waals surface area contributed by atoms with Crippen LogP contribution in [0.3, 0.4) is 0 Å². The zero-order chi connectivity index (χ0) is 15.9. The highest BCUT2D eigenvalue weighted by molar-refractivity contribution is 6.03. The van der Waals surface area contributed by atoms with E-state index in [1.807, 2.05) is 31.2 Å². The summed E-state index contributed by atoms with van der Waals surface area (Å²) in [5.74, 6) is 1.06. The van der Waals surface area contributed by atoms with Crippen molar-refractivity contribution in [3.05, 3.63) is 47.9 Å². The number of carbonyl (C=O) groups is 1. The summed E-state index contributed by atoms with van der Waals surface area (Å²) >= 11 is 0. The maximum atomic E-state index is 12.2. The Morgan fingerprint density at radius 3 is 2.77 bits per heavy atom. The van der Waals surface area contributed by atoms with E-state index in [1.54, 1.807) is 6.07 Å². The summed E-state index contributed by atoms with van der Waals surface area (Å²) in [7, 11) is 0. The predicted octanol–water partition coefficient (Wildman–Crippen LogP) is 3.50. The van der Waals surface area contributed by atoms with Gasteiger partial charge in [0.25, 0.3) is 5.91 Å². The second-order valence-corrected chi connectivity index (χ2v) is 5.72. The van der Waals surface area contributed by atoms with Crippen molar-refractivity contribution in [3.63, 3.8) is 0 Å². The fraction of sp³-hybridized carbons (Fsp3) is 0.353. The monoisotopic (exact) mass is 298 g/mol. The molecule has 1 heterocycles. The Bertz CT molecular complexity index is 640. The number of amides is 1. The molecule has 2 aromatic rings. The zero-order valence-electron chi connectivity index (χ0n) is 13.3. The molecule has 1 aromatic carbocycles. The van der Waals surface area contributed by atoms with Gasteiger partial charge in [0.1, 0.15) is 17.8 Å². The highest BCUT2D eigenvalue weighted by atomic mass is 16.1. The third-order valence-corrected chi connectivity index (χ3v) is 3.20. The van der Waals surface area contributed by atoms with Crippen molar-refractivity contribution in [1.29, 1.82) is 0 Å². The Balaban J connectivity index is 2.00. The van der Waals surface area contributed by atoms with Crippen LogP contribution in [0.1, 0.15) is 36.3 Å². The van der Waals surface area contributed by atoms with E-state index in [0.29, 0.717) is 17.4 Å². The average molecular weight is 298 g/mol. The van der Waals surface area contributed by atoms with Crippen molar-refractivity contribution in [1.82, 2.24) is 9.97 Å². The van der Waals surface area contributed by atoms with Gasteiger partial charge in [0.2, 0.25) is 0 Å². The number of anilines is 2. The van der Waals surface area contributed by atoms with E-state index in [1.165, 1.54) is 6.33 Å². The first-order valence-electron chi connectivity index (χ1n) is 7.48. The lowest BCUT2D eigenvalue weighted by molar-refractivity contribution is 0.102. The molecule has 0 unspecified atom stereocenters. The number of nitrogens with one attached hydrogen (secondary N) is 2. The predicted molar refractivity (Wildman–Crippen MR) is 89.1 cm³/mol. The molecule has 0 saturated heterocycles. The minimum Gasteiger partial charge on any atom is -0.370 e. The molecule has 2 rings (SSSR count). The molecular formula is C17H22N4O. The van der Waals surface area contributed by atoms with E-state index in [2.05, 4.69) is 34.4 Å². The number of nitrogens with zero attached hydrogens (tertiary/aromatic N) is 2. The molecule has 1 amide bonds. The number of aryl methyl sites for hydroxylation is 1. The minimum absolute atomic E-state index is 0.236. The molecule has 0 bridgehead atoms. The van der Waals surface area contributed by atoms with Gasteiger partial charge in [-0.05, 0) is 37.0 Å². The molecule has 1 aromatic heterocycles. The Hall–Kier alpha value is -2.43. The first-order valence-corrected chi connectivity index (χ1v) is 7.48. The van der Waals surface area contributed by atoms with Crippen LogP contribution in [-0.4, -0.2) is 22.4 Å². The van der Waals surface area contributed by atoms with Crippen LogP contribution in [-0.2, 0) is 0 Å². The largest absolute Gasteiger partial charge is 0.370 e. The van der Waals surface area contributed by atoms with E-state index >= 15 is 0 Å². The van der Waals surface area contributed by atoms with E-state index in [-0.39, 0.29) is 5.91 Å². The van der Waals surface area contributed by atoms with Gasteiger partial charge in [-0.2, -0.15) is 0 Å². The van der Waals surface area contributed by atoms with Gasteiger partial charge in [-0.1, -0.05) is 26.0 Å². The summed E-state index contributed by atoms with van der Waals surface area (Å²) in [6, 6.07) is 9.33. The molecule has 2 N–H and O–H groups in total. The molecule has 5 heteroatoms. The van der Waals surface area contributed by atoms with Crippen LogP contribution >= 0.6 is 0 Å². The van der Waals surface area contributed by atoms with E-state index in [0.717, 1.165) is 24.2 Å². The Labute approximate surface area is 131 Å². The third kappa shape index (κ3) is 4.84. The van der Waals surface area contributed by atoms with Gasteiger partial charge in [-0.3, -0.25) is 4.79 Å². The van der Waals surface area contributed by atoms with Gasteiger partial charge in [0.05, 0.1) is 0 Å². The highest BCUT2D eigenvalue weighted by Gasteiger charge is 2.09. The zero-order valence-corrected chi connectivity index (χ0v) is 13.3. The quantitative estimate of drug-likeness (QED) is 0.856. The fourth-order valence-electron chi connectivity index (χ4n) is 1.99. The number of aromatic nitrogens is 2. The van der Waals surface area contributed by atoms with Crippen LogP contribution in [0.4, 0.5) is 11.5 Å². The van der Waals surface area contributed by atoms with Crippen LogP contribution in [0.2, 0.25) is 0 Å². The standard InChI is InChI=1S/C17H22N4O/c1-12(2)7-8-18-16-10-15(19-11-20-16)17(22)21-14-6-4-5-13(3)9-14/h4-6,9-12H,7-8H2,1-3H3,(H,21,22)(H,18,19,20). The first kappa shape index (κ1) is 15.9. The van der Waals surface area contributed by atoms with Crippen LogP contribution in [0.25, 0.3) is 0 Å². The lowest BCUT2D eigenvalue weighted by atomic mass is 10.1. The van der Waals surface area contributed by atoms with E-state index < -0.39 is 0 Å². The van der Waals surface area contributed by atoms with Crippen LogP contribution in [0.15, 0.2) is 36.7 Å². The van der Waals surface area contributed by atoms with Gasteiger partial charge in [0.15, 0.2) is 0 Å². The van der Waals surface area contributed by atoms with Crippen molar-refractivity contribution in [2.24, 2.45) is 5.92 Å². The lowest BCUT2D eigenvalue weighted by Crippen LogP contribution is -2.15. The molecule has 0 aliphatic heterocycles. The van der Waals surface area contributed by atoms with Gasteiger partial charge in [-0.25, -0.2) is 9.97 Å². The summed E-state index contributed by atoms with van der Waals surface area (Å²) in [5, 5.41) is 6.06. The summed E-state index contributed by atoms with van der Waals surface area (Å²) in [6.07, 6.45) is 2.46. The normalized spacial score (nSPS) is 10.5. The molecule has 22 heavy (non-hydrogen) atoms. The van der Waals surface area contributed by atoms with Gasteiger partial charge in [-0.15, -0.1) is 0 Å². The second-order valence-electron chi connectivity index (χ2n) is 5.72. The molecular weight excluding hydrogens is 276 g/mol. The number of carbonyl (C=O) groups excluding carboxylic acids is 1. The summed E-state index contributed by atoms with van der Waals surface area (Å²) < 4.78 is 0. The molecule has 0 aliphatic rings. The maximum Gasteiger partial charge on any atom is 0.274 e. The SMILES string of the molecule is Cc1cccc(NC(=O)c2cc(NCCC(C)C)ncn2)c1. The van der Waals surface area contributed by atoms with Gasteiger partial charge >= 0.3 is 0 Å². The Morgan fingerprint density at radius 2 is 2.05 bits per heavy atom. The smallest absolute Gasteiger partial charge is 0.274 e. The number of hydrogen-bond donors (Lipinski definition) is 2. The fourth-order valence-corrected chi connectivity index (χ4v) is 1.99. The average Bonchev–Trinajstić information content (AvgIpc) is 2.47. The summed E-state index contributed by atoms with van der Waals surface area (Å²) in [4.78, 5) is 20.4. The number of hydrogen-bond acceptors (Lipinski definition) is 4. The van der Waals surface area contributed by atoms with Crippen LogP contribution in [0, 0.1) is 12.8 Å². The Kier molecular flexibility index (Phi) is 5.47. The van der Waals surface area contributed by atoms with Crippen LogP contribution < -0.4 is 10.6 Å². The van der Waals surface area contributed by atoms with Gasteiger partial charge in [0, 0.05) is 18.3 Å². The molecule has 0 atom stereocenters. The third-order valence-electron chi connectivity index (χ3n) is 3.20. The van der Waals surface area contributed by atoms with Crippen molar-refractivity contribution in [3.8, 4) is 0 Å². The molecule has 0 aliphatic carbocycles. The summed E-state index contributed by atoms with van der Waals surface area (Å²) in [6.45, 7) is 7.15. The van der Waals surface area contributed by atoms with Crippen molar-refractivity contribution in [2.45, 2.75) is 27.2 Å². The molecule has 0 radical (unpaired) electrons. The lowest BCUT2D eigenvalue weighted by Gasteiger charge is -2.09. The highest BCUT2D eigenvalue weighted by Crippen LogP contribution is 2.12. The Morgan fingerprint density at radius 1 is 1.23 bits per heavy atom. The molecule has 0 spiro atoms. The molecule has 0 fully saturated rings. The minimum atomic E-state index is -0.236. The van der Waals surface area contributed by atoms with Crippen LogP contribution in [0.5, 0.6) is 0 Å². The van der Waals surface area contributed by atoms with Crippen molar-refractivity contribution in [2.75, 3.05) is 17.2 Å². The molecule has 5 nitrogen and oxygen atoms in total. The first-order chi connectivity index (χ1) is 10.5. The summed E-state index contributed by atoms with van der Waals surface area (Å²) in [5.41, 5.74) is 2.21. The van der Waals surface area contributed by atoms with Crippen molar-refractivity contribution < 1.29 is 4.79 Å². The van der Waals surface area contributed by atoms with Gasteiger partial charge < -0.3 is 10.6 Å².